The van der Waals surface area contributed by atoms with Gasteiger partial charge in [0.1, 0.15) is 6.10 Å². The smallest absolute Gasteiger partial charge is 0.310 e. The molecule has 124 valence electrons. The Morgan fingerprint density at radius 1 is 1.39 bits per heavy atom. The molecule has 0 radical (unpaired) electrons. The minimum Gasteiger partial charge on any atom is -0.481 e. The van der Waals surface area contributed by atoms with Crippen LogP contribution in [0.1, 0.15) is 37.4 Å². The molecule has 1 saturated heterocycles. The third-order valence-corrected chi connectivity index (χ3v) is 5.13. The Balaban J connectivity index is 1.66. The van der Waals surface area contributed by atoms with Gasteiger partial charge in [-0.1, -0.05) is 30.2 Å². The van der Waals surface area contributed by atoms with Crippen molar-refractivity contribution < 1.29 is 19.4 Å². The lowest BCUT2D eigenvalue weighted by atomic mass is 9.66. The predicted octanol–water partition coefficient (Wildman–Crippen LogP) is 2.88. The van der Waals surface area contributed by atoms with E-state index in [-0.39, 0.29) is 18.4 Å². The second kappa shape index (κ2) is 6.49. The van der Waals surface area contributed by atoms with E-state index in [9.17, 15) is 14.7 Å². The Morgan fingerprint density at radius 3 is 2.78 bits per heavy atom. The van der Waals surface area contributed by atoms with Gasteiger partial charge in [-0.3, -0.25) is 9.59 Å². The van der Waals surface area contributed by atoms with E-state index >= 15 is 0 Å². The van der Waals surface area contributed by atoms with Crippen molar-refractivity contribution in [2.75, 3.05) is 19.7 Å². The van der Waals surface area contributed by atoms with Crippen LogP contribution in [0.3, 0.4) is 0 Å². The maximum atomic E-state index is 12.5. The number of halogens is 1. The number of rotatable bonds is 4. The summed E-state index contributed by atoms with van der Waals surface area (Å²) < 4.78 is 5.75. The highest BCUT2D eigenvalue weighted by atomic mass is 35.5. The van der Waals surface area contributed by atoms with Gasteiger partial charge in [-0.05, 0) is 30.5 Å². The Labute approximate surface area is 140 Å². The van der Waals surface area contributed by atoms with Crippen molar-refractivity contribution in [1.29, 1.82) is 0 Å². The first-order valence-corrected chi connectivity index (χ1v) is 8.26. The summed E-state index contributed by atoms with van der Waals surface area (Å²) in [6, 6.07) is 7.42. The molecule has 3 rings (SSSR count). The highest BCUT2D eigenvalue weighted by Gasteiger charge is 2.46. The van der Waals surface area contributed by atoms with Gasteiger partial charge >= 0.3 is 5.97 Å². The number of carboxylic acid groups (broad SMARTS) is 1. The van der Waals surface area contributed by atoms with Crippen LogP contribution >= 0.6 is 11.6 Å². The number of carbonyl (C=O) groups is 2. The lowest BCUT2D eigenvalue weighted by Crippen LogP contribution is -2.47. The molecule has 1 saturated carbocycles. The molecule has 1 aliphatic carbocycles. The summed E-state index contributed by atoms with van der Waals surface area (Å²) in [5, 5.41) is 10.0. The Hall–Kier alpha value is -1.59. The van der Waals surface area contributed by atoms with Gasteiger partial charge in [0.15, 0.2) is 0 Å². The fourth-order valence-corrected chi connectivity index (χ4v) is 3.45. The van der Waals surface area contributed by atoms with E-state index in [2.05, 4.69) is 0 Å². The van der Waals surface area contributed by atoms with Crippen LogP contribution in [0.4, 0.5) is 0 Å². The lowest BCUT2D eigenvalue weighted by molar-refractivity contribution is -0.161. The molecule has 2 aliphatic rings. The van der Waals surface area contributed by atoms with E-state index in [4.69, 9.17) is 16.3 Å². The van der Waals surface area contributed by atoms with Crippen LogP contribution in [0.15, 0.2) is 24.3 Å². The van der Waals surface area contributed by atoms with Crippen molar-refractivity contribution in [1.82, 2.24) is 4.90 Å². The van der Waals surface area contributed by atoms with E-state index in [1.807, 2.05) is 18.2 Å². The van der Waals surface area contributed by atoms with Crippen LogP contribution in [0.5, 0.6) is 0 Å². The van der Waals surface area contributed by atoms with Gasteiger partial charge < -0.3 is 14.7 Å². The third-order valence-electron chi connectivity index (χ3n) is 4.89. The highest BCUT2D eigenvalue weighted by Crippen LogP contribution is 2.44. The summed E-state index contributed by atoms with van der Waals surface area (Å²) in [4.78, 5) is 25.7. The zero-order valence-corrected chi connectivity index (χ0v) is 13.6. The summed E-state index contributed by atoms with van der Waals surface area (Å²) in [7, 11) is 0. The van der Waals surface area contributed by atoms with Crippen LogP contribution in [-0.2, 0) is 14.3 Å². The van der Waals surface area contributed by atoms with Crippen LogP contribution in [0.2, 0.25) is 5.02 Å². The maximum absolute atomic E-state index is 12.5. The summed E-state index contributed by atoms with van der Waals surface area (Å²) in [6.45, 7) is 1.39. The van der Waals surface area contributed by atoms with E-state index < -0.39 is 11.4 Å². The molecule has 1 atom stereocenters. The van der Waals surface area contributed by atoms with Gasteiger partial charge in [0.05, 0.1) is 18.6 Å². The van der Waals surface area contributed by atoms with Crippen LogP contribution in [0.25, 0.3) is 0 Å². The number of ether oxygens (including phenoxy) is 1. The van der Waals surface area contributed by atoms with E-state index in [0.717, 1.165) is 12.0 Å². The summed E-state index contributed by atoms with van der Waals surface area (Å²) in [5.41, 5.74) is 0.0904. The second-order valence-electron chi connectivity index (χ2n) is 6.37. The first-order valence-electron chi connectivity index (χ1n) is 7.88. The summed E-state index contributed by atoms with van der Waals surface area (Å²) in [5.74, 6) is -0.945. The molecular formula is C17H20ClNO4. The molecule has 1 heterocycles. The third kappa shape index (κ3) is 3.35. The number of aliphatic carboxylic acids is 1. The van der Waals surface area contributed by atoms with Crippen molar-refractivity contribution in [2.24, 2.45) is 5.41 Å². The largest absolute Gasteiger partial charge is 0.481 e. The number of carboxylic acids is 1. The molecule has 0 spiro atoms. The number of morpholine rings is 1. The number of hydrogen-bond donors (Lipinski definition) is 1. The molecule has 1 aromatic carbocycles. The SMILES string of the molecule is O=C(CC1(C(=O)O)CCC1)N1CCOC(c2cccc(Cl)c2)C1. The molecule has 1 aliphatic heterocycles. The maximum Gasteiger partial charge on any atom is 0.310 e. The molecule has 1 aromatic rings. The Bertz CT molecular complexity index is 614. The van der Waals surface area contributed by atoms with Crippen LogP contribution < -0.4 is 0 Å². The van der Waals surface area contributed by atoms with E-state index in [1.165, 1.54) is 0 Å². The zero-order chi connectivity index (χ0) is 16.4. The summed E-state index contributed by atoms with van der Waals surface area (Å²) in [6.07, 6.45) is 1.94. The second-order valence-corrected chi connectivity index (χ2v) is 6.81. The van der Waals surface area contributed by atoms with Crippen molar-refractivity contribution in [3.63, 3.8) is 0 Å². The molecular weight excluding hydrogens is 318 g/mol. The normalized spacial score (nSPS) is 23.2. The lowest BCUT2D eigenvalue weighted by Gasteiger charge is -2.40. The number of benzene rings is 1. The minimum atomic E-state index is -0.850. The van der Waals surface area contributed by atoms with Gasteiger partial charge in [-0.25, -0.2) is 0 Å². The molecule has 5 nitrogen and oxygen atoms in total. The molecule has 1 unspecified atom stereocenters. The van der Waals surface area contributed by atoms with Crippen molar-refractivity contribution >= 4 is 23.5 Å². The average molecular weight is 338 g/mol. The van der Waals surface area contributed by atoms with Gasteiger partial charge in [0, 0.05) is 18.0 Å². The van der Waals surface area contributed by atoms with Crippen molar-refractivity contribution in [3.05, 3.63) is 34.9 Å². The first-order chi connectivity index (χ1) is 11.0. The van der Waals surface area contributed by atoms with E-state index in [0.29, 0.717) is 37.6 Å². The summed E-state index contributed by atoms with van der Waals surface area (Å²) >= 11 is 6.01. The molecule has 23 heavy (non-hydrogen) atoms. The highest BCUT2D eigenvalue weighted by molar-refractivity contribution is 6.30. The zero-order valence-electron chi connectivity index (χ0n) is 12.8. The number of amides is 1. The topological polar surface area (TPSA) is 66.8 Å². The minimum absolute atomic E-state index is 0.0879. The molecule has 2 fully saturated rings. The van der Waals surface area contributed by atoms with Gasteiger partial charge in [0.2, 0.25) is 5.91 Å². The molecule has 6 heteroatoms. The van der Waals surface area contributed by atoms with Crippen LogP contribution in [-0.4, -0.2) is 41.6 Å². The molecule has 0 bridgehead atoms. The Kier molecular flexibility index (Phi) is 4.60. The average Bonchev–Trinajstić information content (AvgIpc) is 2.50. The van der Waals surface area contributed by atoms with Crippen molar-refractivity contribution in [3.8, 4) is 0 Å². The number of carbonyl (C=O) groups excluding carboxylic acids is 1. The van der Waals surface area contributed by atoms with Crippen molar-refractivity contribution in [2.45, 2.75) is 31.8 Å². The van der Waals surface area contributed by atoms with Gasteiger partial charge in [0.25, 0.3) is 0 Å². The monoisotopic (exact) mass is 337 g/mol. The number of nitrogens with zero attached hydrogens (tertiary/aromatic N) is 1. The van der Waals surface area contributed by atoms with Gasteiger partial charge in [-0.2, -0.15) is 0 Å². The quantitative estimate of drug-likeness (QED) is 0.917. The first kappa shape index (κ1) is 16.3. The van der Waals surface area contributed by atoms with E-state index in [1.54, 1.807) is 11.0 Å². The fourth-order valence-electron chi connectivity index (χ4n) is 3.26. The standard InChI is InChI=1S/C17H20ClNO4/c18-13-4-1-3-12(9-13)14-11-19(7-8-23-14)15(20)10-17(16(21)22)5-2-6-17/h1,3-4,9,14H,2,5-8,10-11H2,(H,21,22). The van der Waals surface area contributed by atoms with Gasteiger partial charge in [-0.15, -0.1) is 0 Å². The van der Waals surface area contributed by atoms with Crippen LogP contribution in [0, 0.1) is 5.41 Å². The Morgan fingerprint density at radius 2 is 2.17 bits per heavy atom. The molecule has 1 amide bonds. The fraction of sp³-hybridized carbons (Fsp3) is 0.529. The number of hydrogen-bond acceptors (Lipinski definition) is 3. The molecule has 0 aromatic heterocycles. The molecule has 1 N–H and O–H groups in total. The predicted molar refractivity (Wildman–Crippen MR) is 85.3 cm³/mol.